The zero-order valence-corrected chi connectivity index (χ0v) is 9.21. The molecule has 0 amide bonds. The van der Waals surface area contributed by atoms with Crippen molar-refractivity contribution in [3.8, 4) is 11.3 Å². The summed E-state index contributed by atoms with van der Waals surface area (Å²) in [5.41, 5.74) is 2.07. The van der Waals surface area contributed by atoms with Gasteiger partial charge in [-0.1, -0.05) is 19.1 Å². The summed E-state index contributed by atoms with van der Waals surface area (Å²) in [7, 11) is 0. The fourth-order valence-electron chi connectivity index (χ4n) is 1.36. The van der Waals surface area contributed by atoms with Crippen LogP contribution in [0.5, 0.6) is 0 Å². The number of hydrogen-bond donors (Lipinski definition) is 1. The predicted molar refractivity (Wildman–Crippen MR) is 62.0 cm³/mol. The quantitative estimate of drug-likeness (QED) is 0.786. The first-order chi connectivity index (χ1) is 7.29. The molecule has 2 rings (SSSR count). The molecule has 0 fully saturated rings. The summed E-state index contributed by atoms with van der Waals surface area (Å²) in [6, 6.07) is 5.75. The van der Waals surface area contributed by atoms with Gasteiger partial charge in [0.2, 0.25) is 0 Å². The van der Waals surface area contributed by atoms with Crippen molar-refractivity contribution in [1.29, 1.82) is 0 Å². The standard InChI is InChI=1S/C11H11N3S/c1-2-10-13-9(7-11(15)14-10)8-3-5-12-6-4-8/h3-7H,2H2,1H3,(H,13,14,15). The SMILES string of the molecule is CCc1nc(=S)cc(-c2ccncc2)[nH]1. The van der Waals surface area contributed by atoms with Gasteiger partial charge in [0.1, 0.15) is 10.5 Å². The minimum Gasteiger partial charge on any atom is -0.343 e. The van der Waals surface area contributed by atoms with Crippen molar-refractivity contribution in [3.63, 3.8) is 0 Å². The normalized spacial score (nSPS) is 10.2. The monoisotopic (exact) mass is 217 g/mol. The molecule has 76 valence electrons. The van der Waals surface area contributed by atoms with Gasteiger partial charge < -0.3 is 4.98 Å². The molecule has 1 N–H and O–H groups in total. The summed E-state index contributed by atoms with van der Waals surface area (Å²) in [5.74, 6) is 0.911. The van der Waals surface area contributed by atoms with E-state index in [0.29, 0.717) is 4.64 Å². The Labute approximate surface area is 93.2 Å². The van der Waals surface area contributed by atoms with E-state index in [0.717, 1.165) is 23.5 Å². The van der Waals surface area contributed by atoms with Gasteiger partial charge in [-0.05, 0) is 18.2 Å². The molecule has 0 aliphatic rings. The molecule has 3 nitrogen and oxygen atoms in total. The third kappa shape index (κ3) is 2.27. The van der Waals surface area contributed by atoms with Crippen molar-refractivity contribution in [3.05, 3.63) is 41.1 Å². The van der Waals surface area contributed by atoms with Gasteiger partial charge in [-0.2, -0.15) is 0 Å². The molecule has 0 bridgehead atoms. The first-order valence-corrected chi connectivity index (χ1v) is 5.21. The molecule has 15 heavy (non-hydrogen) atoms. The Balaban J connectivity index is 2.54. The molecular formula is C11H11N3S. The highest BCUT2D eigenvalue weighted by Crippen LogP contribution is 2.15. The van der Waals surface area contributed by atoms with Crippen LogP contribution in [0.4, 0.5) is 0 Å². The first kappa shape index (κ1) is 9.98. The maximum atomic E-state index is 5.11. The third-order valence-electron chi connectivity index (χ3n) is 2.12. The van der Waals surface area contributed by atoms with Gasteiger partial charge in [0.25, 0.3) is 0 Å². The topological polar surface area (TPSA) is 41.6 Å². The van der Waals surface area contributed by atoms with Crippen molar-refractivity contribution in [2.75, 3.05) is 0 Å². The molecule has 0 aromatic carbocycles. The Hall–Kier alpha value is -1.55. The smallest absolute Gasteiger partial charge is 0.130 e. The molecule has 0 atom stereocenters. The molecule has 2 aromatic heterocycles. The van der Waals surface area contributed by atoms with Crippen LogP contribution < -0.4 is 0 Å². The highest BCUT2D eigenvalue weighted by molar-refractivity contribution is 7.71. The fraction of sp³-hybridized carbons (Fsp3) is 0.182. The first-order valence-electron chi connectivity index (χ1n) is 4.80. The number of aromatic amines is 1. The fourth-order valence-corrected chi connectivity index (χ4v) is 1.59. The van der Waals surface area contributed by atoms with Gasteiger partial charge in [0.05, 0.1) is 0 Å². The van der Waals surface area contributed by atoms with Gasteiger partial charge >= 0.3 is 0 Å². The van der Waals surface area contributed by atoms with Crippen LogP contribution in [-0.2, 0) is 6.42 Å². The lowest BCUT2D eigenvalue weighted by Gasteiger charge is -2.03. The lowest BCUT2D eigenvalue weighted by Crippen LogP contribution is -1.95. The van der Waals surface area contributed by atoms with Crippen LogP contribution in [0.15, 0.2) is 30.6 Å². The number of nitrogens with one attached hydrogen (secondary N) is 1. The predicted octanol–water partition coefficient (Wildman–Crippen LogP) is 2.76. The van der Waals surface area contributed by atoms with E-state index in [9.17, 15) is 0 Å². The summed E-state index contributed by atoms with van der Waals surface area (Å²) >= 11 is 5.11. The van der Waals surface area contributed by atoms with E-state index in [1.54, 1.807) is 12.4 Å². The van der Waals surface area contributed by atoms with E-state index in [-0.39, 0.29) is 0 Å². The summed E-state index contributed by atoms with van der Waals surface area (Å²) in [5, 5.41) is 0. The van der Waals surface area contributed by atoms with Gasteiger partial charge in [0, 0.05) is 30.1 Å². The van der Waals surface area contributed by atoms with Crippen LogP contribution >= 0.6 is 12.2 Å². The number of aryl methyl sites for hydroxylation is 1. The van der Waals surface area contributed by atoms with Crippen LogP contribution in [0, 0.1) is 4.64 Å². The highest BCUT2D eigenvalue weighted by atomic mass is 32.1. The van der Waals surface area contributed by atoms with Crippen molar-refractivity contribution < 1.29 is 0 Å². The molecular weight excluding hydrogens is 206 g/mol. The second-order valence-corrected chi connectivity index (χ2v) is 3.59. The third-order valence-corrected chi connectivity index (χ3v) is 2.33. The lowest BCUT2D eigenvalue weighted by molar-refractivity contribution is 0.936. The van der Waals surface area contributed by atoms with E-state index in [1.165, 1.54) is 0 Å². The highest BCUT2D eigenvalue weighted by Gasteiger charge is 1.99. The summed E-state index contributed by atoms with van der Waals surface area (Å²) in [6.45, 7) is 2.05. The molecule has 2 heterocycles. The maximum Gasteiger partial charge on any atom is 0.130 e. The van der Waals surface area contributed by atoms with Crippen LogP contribution in [0.3, 0.4) is 0 Å². The van der Waals surface area contributed by atoms with Crippen molar-refractivity contribution in [1.82, 2.24) is 15.0 Å². The molecule has 0 radical (unpaired) electrons. The number of nitrogens with zero attached hydrogens (tertiary/aromatic N) is 2. The Bertz CT molecular complexity index is 505. The number of rotatable bonds is 2. The minimum atomic E-state index is 0.623. The Morgan fingerprint density at radius 2 is 2.07 bits per heavy atom. The molecule has 0 saturated heterocycles. The van der Waals surface area contributed by atoms with Crippen molar-refractivity contribution in [2.24, 2.45) is 0 Å². The van der Waals surface area contributed by atoms with Gasteiger partial charge in [-0.3, -0.25) is 4.98 Å². The van der Waals surface area contributed by atoms with E-state index < -0.39 is 0 Å². The summed E-state index contributed by atoms with van der Waals surface area (Å²) < 4.78 is 0.623. The summed E-state index contributed by atoms with van der Waals surface area (Å²) in [4.78, 5) is 11.4. The van der Waals surface area contributed by atoms with E-state index in [2.05, 4.69) is 15.0 Å². The second-order valence-electron chi connectivity index (χ2n) is 3.17. The largest absolute Gasteiger partial charge is 0.343 e. The minimum absolute atomic E-state index is 0.623. The molecule has 0 saturated carbocycles. The molecule has 0 spiro atoms. The Morgan fingerprint density at radius 3 is 2.73 bits per heavy atom. The van der Waals surface area contributed by atoms with Gasteiger partial charge in [-0.25, -0.2) is 4.98 Å². The number of H-pyrrole nitrogens is 1. The Morgan fingerprint density at radius 1 is 1.33 bits per heavy atom. The summed E-state index contributed by atoms with van der Waals surface area (Å²) in [6.07, 6.45) is 4.37. The van der Waals surface area contributed by atoms with E-state index in [1.807, 2.05) is 25.1 Å². The zero-order chi connectivity index (χ0) is 10.7. The molecule has 0 unspecified atom stereocenters. The average molecular weight is 217 g/mol. The van der Waals surface area contributed by atoms with Gasteiger partial charge in [-0.15, -0.1) is 0 Å². The number of hydrogen-bond acceptors (Lipinski definition) is 3. The maximum absolute atomic E-state index is 5.11. The Kier molecular flexibility index (Phi) is 2.87. The van der Waals surface area contributed by atoms with E-state index >= 15 is 0 Å². The van der Waals surface area contributed by atoms with Gasteiger partial charge in [0.15, 0.2) is 0 Å². The lowest BCUT2D eigenvalue weighted by atomic mass is 10.2. The molecule has 2 aromatic rings. The average Bonchev–Trinajstić information content (AvgIpc) is 2.29. The molecule has 4 heteroatoms. The second kappa shape index (κ2) is 4.31. The van der Waals surface area contributed by atoms with E-state index in [4.69, 9.17) is 12.2 Å². The number of pyridine rings is 1. The molecule has 0 aliphatic heterocycles. The zero-order valence-electron chi connectivity index (χ0n) is 8.40. The van der Waals surface area contributed by atoms with Crippen LogP contribution in [0.1, 0.15) is 12.7 Å². The van der Waals surface area contributed by atoms with Crippen molar-refractivity contribution in [2.45, 2.75) is 13.3 Å². The molecule has 0 aliphatic carbocycles. The number of aromatic nitrogens is 3. The van der Waals surface area contributed by atoms with Crippen LogP contribution in [-0.4, -0.2) is 15.0 Å². The van der Waals surface area contributed by atoms with Crippen molar-refractivity contribution >= 4 is 12.2 Å². The van der Waals surface area contributed by atoms with Crippen LogP contribution in [0.2, 0.25) is 0 Å². The van der Waals surface area contributed by atoms with Crippen LogP contribution in [0.25, 0.3) is 11.3 Å².